The maximum absolute atomic E-state index is 12.9. The van der Waals surface area contributed by atoms with Crippen molar-refractivity contribution in [2.45, 2.75) is 17.9 Å². The molecule has 0 saturated carbocycles. The molecule has 9 heteroatoms. The number of aliphatic hydroxyl groups excluding tert-OH is 1. The van der Waals surface area contributed by atoms with Crippen molar-refractivity contribution < 1.29 is 18.3 Å². The van der Waals surface area contributed by atoms with E-state index in [0.29, 0.717) is 32.7 Å². The summed E-state index contributed by atoms with van der Waals surface area (Å²) in [6.45, 7) is 4.15. The van der Waals surface area contributed by atoms with Crippen molar-refractivity contribution in [1.82, 2.24) is 9.21 Å². The monoisotopic (exact) mass is 458 g/mol. The average Bonchev–Trinajstić information content (AvgIpc) is 2.67. The number of ether oxygens (including phenoxy) is 1. The van der Waals surface area contributed by atoms with Crippen LogP contribution in [-0.4, -0.2) is 68.2 Å². The second-order valence-corrected chi connectivity index (χ2v) is 9.67. The summed E-state index contributed by atoms with van der Waals surface area (Å²) in [5.41, 5.74) is 1.01. The van der Waals surface area contributed by atoms with Gasteiger partial charge in [-0.3, -0.25) is 4.90 Å². The fourth-order valence-electron chi connectivity index (χ4n) is 3.27. The van der Waals surface area contributed by atoms with Crippen LogP contribution in [0, 0.1) is 6.92 Å². The highest BCUT2D eigenvalue weighted by Gasteiger charge is 2.32. The lowest BCUT2D eigenvalue weighted by Crippen LogP contribution is -2.50. The lowest BCUT2D eigenvalue weighted by Gasteiger charge is -2.35. The number of halogens is 2. The number of hydrogen-bond acceptors (Lipinski definition) is 5. The van der Waals surface area contributed by atoms with Gasteiger partial charge in [0.05, 0.1) is 10.0 Å². The molecule has 2 aromatic rings. The molecule has 0 amide bonds. The molecule has 1 atom stereocenters. The summed E-state index contributed by atoms with van der Waals surface area (Å²) < 4.78 is 32.9. The van der Waals surface area contributed by atoms with E-state index in [4.69, 9.17) is 27.9 Å². The Labute approximate surface area is 181 Å². The topological polar surface area (TPSA) is 70.1 Å². The number of nitrogens with zero attached hydrogens (tertiary/aromatic N) is 2. The highest BCUT2D eigenvalue weighted by Crippen LogP contribution is 2.31. The molecule has 0 radical (unpaired) electrons. The van der Waals surface area contributed by atoms with Crippen molar-refractivity contribution in [2.24, 2.45) is 0 Å². The van der Waals surface area contributed by atoms with Crippen LogP contribution in [0.25, 0.3) is 0 Å². The second kappa shape index (κ2) is 9.64. The van der Waals surface area contributed by atoms with Gasteiger partial charge in [-0.1, -0.05) is 47.5 Å². The van der Waals surface area contributed by atoms with Crippen molar-refractivity contribution in [3.8, 4) is 5.75 Å². The van der Waals surface area contributed by atoms with Crippen LogP contribution in [0.1, 0.15) is 5.56 Å². The van der Waals surface area contributed by atoms with Gasteiger partial charge in [0.1, 0.15) is 23.4 Å². The van der Waals surface area contributed by atoms with Crippen molar-refractivity contribution in [2.75, 3.05) is 39.3 Å². The minimum atomic E-state index is -3.77. The predicted octanol–water partition coefficient (Wildman–Crippen LogP) is 3.05. The van der Waals surface area contributed by atoms with Crippen LogP contribution in [0.3, 0.4) is 0 Å². The summed E-state index contributed by atoms with van der Waals surface area (Å²) in [5.74, 6) is 0.749. The van der Waals surface area contributed by atoms with E-state index in [9.17, 15) is 13.5 Å². The second-order valence-electron chi connectivity index (χ2n) is 6.99. The molecular weight excluding hydrogens is 435 g/mol. The molecule has 6 nitrogen and oxygen atoms in total. The van der Waals surface area contributed by atoms with Crippen molar-refractivity contribution in [3.63, 3.8) is 0 Å². The first-order valence-electron chi connectivity index (χ1n) is 9.32. The van der Waals surface area contributed by atoms with E-state index in [1.54, 1.807) is 6.07 Å². The van der Waals surface area contributed by atoms with Gasteiger partial charge in [-0.15, -0.1) is 0 Å². The number of piperazine rings is 1. The third-order valence-electron chi connectivity index (χ3n) is 4.84. The van der Waals surface area contributed by atoms with Gasteiger partial charge in [0.2, 0.25) is 10.0 Å². The Morgan fingerprint density at radius 3 is 2.28 bits per heavy atom. The number of aryl methyl sites for hydroxylation is 1. The highest BCUT2D eigenvalue weighted by atomic mass is 35.5. The molecule has 0 bridgehead atoms. The maximum Gasteiger partial charge on any atom is 0.246 e. The van der Waals surface area contributed by atoms with Gasteiger partial charge >= 0.3 is 0 Å². The number of para-hydroxylation sites is 1. The molecule has 3 rings (SSSR count). The summed E-state index contributed by atoms with van der Waals surface area (Å²) in [7, 11) is -3.77. The van der Waals surface area contributed by atoms with E-state index in [-0.39, 0.29) is 21.5 Å². The molecule has 1 aliphatic rings. The molecule has 1 saturated heterocycles. The van der Waals surface area contributed by atoms with Crippen LogP contribution >= 0.6 is 23.2 Å². The average molecular weight is 459 g/mol. The standard InChI is InChI=1S/C20H24Cl2N2O4S/c1-15-5-2-3-8-19(15)28-14-16(25)13-23-9-11-24(12-10-23)29(26,27)20-17(21)6-4-7-18(20)22/h2-8,16,25H,9-14H2,1H3. The lowest BCUT2D eigenvalue weighted by atomic mass is 10.2. The summed E-state index contributed by atoms with van der Waals surface area (Å²) in [4.78, 5) is 1.97. The molecule has 1 unspecified atom stereocenters. The van der Waals surface area contributed by atoms with Crippen LogP contribution in [0.15, 0.2) is 47.4 Å². The number of aliphatic hydroxyl groups is 1. The number of β-amino-alcohol motifs (C(OH)–C–C–N with tert-alkyl or cyclic N) is 1. The molecule has 0 aliphatic carbocycles. The van der Waals surface area contributed by atoms with Crippen LogP contribution < -0.4 is 4.74 Å². The number of sulfonamides is 1. The first kappa shape index (κ1) is 22.3. The number of hydrogen-bond donors (Lipinski definition) is 1. The Bertz CT molecular complexity index is 927. The van der Waals surface area contributed by atoms with Crippen LogP contribution in [0.2, 0.25) is 10.0 Å². The minimum Gasteiger partial charge on any atom is -0.491 e. The zero-order valence-electron chi connectivity index (χ0n) is 16.1. The van der Waals surface area contributed by atoms with E-state index >= 15 is 0 Å². The first-order chi connectivity index (χ1) is 13.8. The van der Waals surface area contributed by atoms with E-state index in [1.165, 1.54) is 16.4 Å². The molecule has 1 fully saturated rings. The van der Waals surface area contributed by atoms with E-state index in [1.807, 2.05) is 36.1 Å². The molecule has 0 aromatic heterocycles. The molecule has 1 heterocycles. The molecular formula is C20H24Cl2N2O4S. The third kappa shape index (κ3) is 5.42. The van der Waals surface area contributed by atoms with Gasteiger partial charge in [-0.2, -0.15) is 4.31 Å². The quantitative estimate of drug-likeness (QED) is 0.690. The molecule has 2 aromatic carbocycles. The van der Waals surface area contributed by atoms with E-state index < -0.39 is 16.1 Å². The van der Waals surface area contributed by atoms with Crippen LogP contribution in [0.4, 0.5) is 0 Å². The summed E-state index contributed by atoms with van der Waals surface area (Å²) >= 11 is 12.2. The summed E-state index contributed by atoms with van der Waals surface area (Å²) in [6.07, 6.45) is -0.671. The van der Waals surface area contributed by atoms with Gasteiger partial charge in [0.15, 0.2) is 0 Å². The molecule has 1 aliphatic heterocycles. The Balaban J connectivity index is 1.53. The number of rotatable bonds is 7. The fourth-order valence-corrected chi connectivity index (χ4v) is 5.78. The van der Waals surface area contributed by atoms with Gasteiger partial charge in [-0.05, 0) is 30.7 Å². The Kier molecular flexibility index (Phi) is 7.42. The fraction of sp³-hybridized carbons (Fsp3) is 0.400. The molecule has 1 N–H and O–H groups in total. The Hall–Kier alpha value is -1.35. The van der Waals surface area contributed by atoms with E-state index in [0.717, 1.165) is 11.3 Å². The Morgan fingerprint density at radius 1 is 1.03 bits per heavy atom. The smallest absolute Gasteiger partial charge is 0.246 e. The predicted molar refractivity (Wildman–Crippen MR) is 114 cm³/mol. The third-order valence-corrected chi connectivity index (χ3v) is 7.70. The minimum absolute atomic E-state index is 0.0524. The zero-order chi connectivity index (χ0) is 21.0. The largest absolute Gasteiger partial charge is 0.491 e. The highest BCUT2D eigenvalue weighted by molar-refractivity contribution is 7.89. The molecule has 0 spiro atoms. The lowest BCUT2D eigenvalue weighted by molar-refractivity contribution is 0.0567. The Morgan fingerprint density at radius 2 is 1.66 bits per heavy atom. The summed E-state index contributed by atoms with van der Waals surface area (Å²) in [5, 5.41) is 10.5. The van der Waals surface area contributed by atoms with Gasteiger partial charge in [-0.25, -0.2) is 8.42 Å². The number of benzene rings is 2. The van der Waals surface area contributed by atoms with Crippen molar-refractivity contribution in [1.29, 1.82) is 0 Å². The van der Waals surface area contributed by atoms with Gasteiger partial charge in [0, 0.05) is 32.7 Å². The molecule has 29 heavy (non-hydrogen) atoms. The zero-order valence-corrected chi connectivity index (χ0v) is 18.4. The van der Waals surface area contributed by atoms with Crippen molar-refractivity contribution in [3.05, 3.63) is 58.1 Å². The van der Waals surface area contributed by atoms with Gasteiger partial charge < -0.3 is 9.84 Å². The molecule has 158 valence electrons. The van der Waals surface area contributed by atoms with Crippen molar-refractivity contribution >= 4 is 33.2 Å². The first-order valence-corrected chi connectivity index (χ1v) is 11.5. The summed E-state index contributed by atoms with van der Waals surface area (Å²) in [6, 6.07) is 12.3. The van der Waals surface area contributed by atoms with Gasteiger partial charge in [0.25, 0.3) is 0 Å². The SMILES string of the molecule is Cc1ccccc1OCC(O)CN1CCN(S(=O)(=O)c2c(Cl)cccc2Cl)CC1. The van der Waals surface area contributed by atoms with Crippen LogP contribution in [0.5, 0.6) is 5.75 Å². The van der Waals surface area contributed by atoms with Crippen LogP contribution in [-0.2, 0) is 10.0 Å². The maximum atomic E-state index is 12.9. The normalized spacial score (nSPS) is 17.2. The van der Waals surface area contributed by atoms with E-state index in [2.05, 4.69) is 0 Å².